The maximum absolute atomic E-state index is 12.1. The highest BCUT2D eigenvalue weighted by atomic mass is 16.5. The second kappa shape index (κ2) is 7.41. The molecule has 6 heteroatoms. The lowest BCUT2D eigenvalue weighted by atomic mass is 10.2. The van der Waals surface area contributed by atoms with E-state index in [9.17, 15) is 4.79 Å². The molecular formula is C18H18N4O2. The smallest absolute Gasteiger partial charge is 0.243 e. The molecule has 1 heterocycles. The first-order valence-electron chi connectivity index (χ1n) is 7.72. The zero-order chi connectivity index (χ0) is 16.8. The minimum absolute atomic E-state index is 0.119. The molecule has 3 aromatic rings. The monoisotopic (exact) mass is 322 g/mol. The number of rotatable bonds is 6. The number of amides is 1. The predicted octanol–water partition coefficient (Wildman–Crippen LogP) is 3.08. The third kappa shape index (κ3) is 3.78. The number of anilines is 2. The first-order chi connectivity index (χ1) is 11.8. The molecule has 0 aliphatic rings. The maximum atomic E-state index is 12.1. The molecule has 0 fully saturated rings. The topological polar surface area (TPSA) is 76.1 Å². The first kappa shape index (κ1) is 15.7. The Bertz CT molecular complexity index is 829. The van der Waals surface area contributed by atoms with Crippen LogP contribution in [-0.2, 0) is 4.79 Å². The van der Waals surface area contributed by atoms with E-state index < -0.39 is 0 Å². The molecule has 0 bridgehead atoms. The Kier molecular flexibility index (Phi) is 4.86. The minimum Gasteiger partial charge on any atom is -0.494 e. The fourth-order valence-electron chi connectivity index (χ4n) is 2.32. The van der Waals surface area contributed by atoms with Crippen LogP contribution in [0.5, 0.6) is 5.75 Å². The number of para-hydroxylation sites is 1. The molecule has 2 aromatic carbocycles. The van der Waals surface area contributed by atoms with E-state index >= 15 is 0 Å². The number of ether oxygens (including phenoxy) is 1. The quantitative estimate of drug-likeness (QED) is 0.729. The second-order valence-corrected chi connectivity index (χ2v) is 5.10. The lowest BCUT2D eigenvalue weighted by Crippen LogP contribution is -2.22. The number of aromatic nitrogens is 2. The van der Waals surface area contributed by atoms with Gasteiger partial charge in [-0.15, -0.1) is 0 Å². The van der Waals surface area contributed by atoms with Crippen molar-refractivity contribution in [2.75, 3.05) is 23.8 Å². The van der Waals surface area contributed by atoms with E-state index in [1.807, 2.05) is 55.5 Å². The van der Waals surface area contributed by atoms with Crippen LogP contribution in [0, 0.1) is 0 Å². The van der Waals surface area contributed by atoms with Crippen LogP contribution in [0.4, 0.5) is 11.5 Å². The summed E-state index contributed by atoms with van der Waals surface area (Å²) in [6.07, 6.45) is 1.48. The van der Waals surface area contributed by atoms with Crippen molar-refractivity contribution in [2.24, 2.45) is 0 Å². The summed E-state index contributed by atoms with van der Waals surface area (Å²) in [6, 6.07) is 14.9. The van der Waals surface area contributed by atoms with Gasteiger partial charge in [-0.1, -0.05) is 12.1 Å². The Morgan fingerprint density at radius 2 is 1.88 bits per heavy atom. The van der Waals surface area contributed by atoms with Crippen molar-refractivity contribution < 1.29 is 9.53 Å². The van der Waals surface area contributed by atoms with E-state index in [0.717, 1.165) is 22.3 Å². The Morgan fingerprint density at radius 1 is 1.08 bits per heavy atom. The molecular weight excluding hydrogens is 304 g/mol. The number of fused-ring (bicyclic) bond motifs is 1. The summed E-state index contributed by atoms with van der Waals surface area (Å²) in [4.78, 5) is 20.5. The molecule has 1 amide bonds. The molecule has 6 nitrogen and oxygen atoms in total. The van der Waals surface area contributed by atoms with E-state index in [-0.39, 0.29) is 12.5 Å². The molecule has 0 spiro atoms. The standard InChI is InChI=1S/C18H18N4O2/c1-2-24-14-9-7-13(8-10-14)22-17(23)11-19-18-15-5-3-4-6-16(15)20-12-21-18/h3-10,12H,2,11H2,1H3,(H,22,23)(H,19,20,21). The molecule has 122 valence electrons. The van der Waals surface area contributed by atoms with Crippen molar-refractivity contribution in [2.45, 2.75) is 6.92 Å². The van der Waals surface area contributed by atoms with Gasteiger partial charge in [0.1, 0.15) is 17.9 Å². The Hall–Kier alpha value is -3.15. The fraction of sp³-hybridized carbons (Fsp3) is 0.167. The van der Waals surface area contributed by atoms with E-state index in [1.165, 1.54) is 6.33 Å². The van der Waals surface area contributed by atoms with Crippen molar-refractivity contribution >= 4 is 28.3 Å². The van der Waals surface area contributed by atoms with Crippen LogP contribution in [-0.4, -0.2) is 29.0 Å². The summed E-state index contributed by atoms with van der Waals surface area (Å²) in [5, 5.41) is 6.76. The normalized spacial score (nSPS) is 10.4. The van der Waals surface area contributed by atoms with Gasteiger partial charge in [-0.25, -0.2) is 9.97 Å². The average molecular weight is 322 g/mol. The summed E-state index contributed by atoms with van der Waals surface area (Å²) in [6.45, 7) is 2.66. The van der Waals surface area contributed by atoms with Crippen LogP contribution in [0.2, 0.25) is 0 Å². The third-order valence-electron chi connectivity index (χ3n) is 3.41. The van der Waals surface area contributed by atoms with Crippen LogP contribution in [0.3, 0.4) is 0 Å². The predicted molar refractivity (Wildman–Crippen MR) is 94.3 cm³/mol. The molecule has 3 rings (SSSR count). The zero-order valence-electron chi connectivity index (χ0n) is 13.3. The number of hydrogen-bond donors (Lipinski definition) is 2. The van der Waals surface area contributed by atoms with Crippen LogP contribution in [0.1, 0.15) is 6.92 Å². The molecule has 0 aliphatic carbocycles. The average Bonchev–Trinajstić information content (AvgIpc) is 2.62. The molecule has 0 saturated carbocycles. The highest BCUT2D eigenvalue weighted by Crippen LogP contribution is 2.18. The van der Waals surface area contributed by atoms with Gasteiger partial charge in [0.05, 0.1) is 18.7 Å². The number of carbonyl (C=O) groups excluding carboxylic acids is 1. The van der Waals surface area contributed by atoms with Crippen LogP contribution < -0.4 is 15.4 Å². The molecule has 0 unspecified atom stereocenters. The molecule has 0 saturated heterocycles. The fourth-order valence-corrected chi connectivity index (χ4v) is 2.32. The molecule has 2 N–H and O–H groups in total. The SMILES string of the molecule is CCOc1ccc(NC(=O)CNc2ncnc3ccccc23)cc1. The number of benzene rings is 2. The molecule has 0 aliphatic heterocycles. The molecule has 24 heavy (non-hydrogen) atoms. The third-order valence-corrected chi connectivity index (χ3v) is 3.41. The zero-order valence-corrected chi connectivity index (χ0v) is 13.3. The highest BCUT2D eigenvalue weighted by molar-refractivity contribution is 5.95. The molecule has 0 atom stereocenters. The van der Waals surface area contributed by atoms with Gasteiger partial charge in [0.2, 0.25) is 5.91 Å². The van der Waals surface area contributed by atoms with E-state index in [1.54, 1.807) is 0 Å². The summed E-state index contributed by atoms with van der Waals surface area (Å²) < 4.78 is 5.37. The van der Waals surface area contributed by atoms with Crippen molar-refractivity contribution in [1.29, 1.82) is 0 Å². The van der Waals surface area contributed by atoms with Crippen molar-refractivity contribution in [3.8, 4) is 5.75 Å². The van der Waals surface area contributed by atoms with Gasteiger partial charge in [-0.3, -0.25) is 4.79 Å². The molecule has 0 radical (unpaired) electrons. The Balaban J connectivity index is 1.60. The summed E-state index contributed by atoms with van der Waals surface area (Å²) in [5.41, 5.74) is 1.56. The summed E-state index contributed by atoms with van der Waals surface area (Å²) >= 11 is 0. The lowest BCUT2D eigenvalue weighted by molar-refractivity contribution is -0.114. The second-order valence-electron chi connectivity index (χ2n) is 5.10. The van der Waals surface area contributed by atoms with Gasteiger partial charge < -0.3 is 15.4 Å². The van der Waals surface area contributed by atoms with Gasteiger partial charge in [-0.2, -0.15) is 0 Å². The molecule has 1 aromatic heterocycles. The first-order valence-corrected chi connectivity index (χ1v) is 7.72. The van der Waals surface area contributed by atoms with E-state index in [0.29, 0.717) is 12.4 Å². The van der Waals surface area contributed by atoms with Crippen LogP contribution in [0.15, 0.2) is 54.9 Å². The van der Waals surface area contributed by atoms with Gasteiger partial charge >= 0.3 is 0 Å². The van der Waals surface area contributed by atoms with Crippen molar-refractivity contribution in [1.82, 2.24) is 9.97 Å². The maximum Gasteiger partial charge on any atom is 0.243 e. The number of hydrogen-bond acceptors (Lipinski definition) is 5. The number of carbonyl (C=O) groups is 1. The van der Waals surface area contributed by atoms with Crippen molar-refractivity contribution in [3.05, 3.63) is 54.9 Å². The Morgan fingerprint density at radius 3 is 2.67 bits per heavy atom. The highest BCUT2D eigenvalue weighted by Gasteiger charge is 2.06. The van der Waals surface area contributed by atoms with Crippen molar-refractivity contribution in [3.63, 3.8) is 0 Å². The van der Waals surface area contributed by atoms with Crippen LogP contribution >= 0.6 is 0 Å². The minimum atomic E-state index is -0.151. The van der Waals surface area contributed by atoms with E-state index in [2.05, 4.69) is 20.6 Å². The summed E-state index contributed by atoms with van der Waals surface area (Å²) in [7, 11) is 0. The summed E-state index contributed by atoms with van der Waals surface area (Å²) in [5.74, 6) is 1.27. The largest absolute Gasteiger partial charge is 0.494 e. The van der Waals surface area contributed by atoms with Crippen LogP contribution in [0.25, 0.3) is 10.9 Å². The van der Waals surface area contributed by atoms with Gasteiger partial charge in [0, 0.05) is 11.1 Å². The van der Waals surface area contributed by atoms with Gasteiger partial charge in [0.15, 0.2) is 0 Å². The van der Waals surface area contributed by atoms with Gasteiger partial charge in [-0.05, 0) is 43.3 Å². The number of nitrogens with one attached hydrogen (secondary N) is 2. The lowest BCUT2D eigenvalue weighted by Gasteiger charge is -2.09. The Labute approximate surface area is 139 Å². The van der Waals surface area contributed by atoms with Gasteiger partial charge in [0.25, 0.3) is 0 Å². The number of nitrogens with zero attached hydrogens (tertiary/aromatic N) is 2. The van der Waals surface area contributed by atoms with E-state index in [4.69, 9.17) is 4.74 Å².